The van der Waals surface area contributed by atoms with Crippen molar-refractivity contribution < 1.29 is 14.7 Å². The van der Waals surface area contributed by atoms with Gasteiger partial charge in [-0.3, -0.25) is 14.6 Å². The van der Waals surface area contributed by atoms with Gasteiger partial charge in [-0.05, 0) is 17.7 Å². The number of hydrogen-bond donors (Lipinski definition) is 1. The second kappa shape index (κ2) is 7.95. The van der Waals surface area contributed by atoms with Gasteiger partial charge in [0.05, 0.1) is 6.54 Å². The number of carbonyl (C=O) groups is 2. The number of nitrogens with zero attached hydrogens (tertiary/aromatic N) is 4. The number of pyridine rings is 1. The van der Waals surface area contributed by atoms with E-state index in [-0.39, 0.29) is 12.3 Å². The molecule has 0 spiro atoms. The van der Waals surface area contributed by atoms with Crippen molar-refractivity contribution in [3.8, 4) is 0 Å². The molecule has 0 saturated carbocycles. The number of azide groups is 1. The minimum Gasteiger partial charge on any atom is -0.481 e. The summed E-state index contributed by atoms with van der Waals surface area (Å²) in [4.78, 5) is 26.4. The van der Waals surface area contributed by atoms with Crippen LogP contribution in [0.1, 0.15) is 17.4 Å². The zero-order chi connectivity index (χ0) is 12.4. The number of hydrogen-bond acceptors (Lipinski definition) is 4. The average Bonchev–Trinajstić information content (AvgIpc) is 2.26. The molecule has 7 heteroatoms. The van der Waals surface area contributed by atoms with E-state index >= 15 is 0 Å². The van der Waals surface area contributed by atoms with E-state index in [0.29, 0.717) is 5.69 Å². The predicted molar refractivity (Wildman–Crippen MR) is 55.9 cm³/mol. The maximum atomic E-state index is 11.1. The topological polar surface area (TPSA) is 116 Å². The molecule has 0 aliphatic rings. The predicted octanol–water partition coefficient (Wildman–Crippen LogP) is 1.67. The van der Waals surface area contributed by atoms with Crippen LogP contribution in [0.2, 0.25) is 0 Å². The third-order valence-electron chi connectivity index (χ3n) is 1.23. The highest BCUT2D eigenvalue weighted by Crippen LogP contribution is 1.95. The van der Waals surface area contributed by atoms with E-state index in [2.05, 4.69) is 15.0 Å². The second-order valence-corrected chi connectivity index (χ2v) is 2.55. The van der Waals surface area contributed by atoms with Crippen molar-refractivity contribution in [2.24, 2.45) is 5.11 Å². The quantitative estimate of drug-likeness (QED) is 0.362. The molecule has 0 aliphatic heterocycles. The molecular weight excluding hydrogens is 212 g/mol. The summed E-state index contributed by atoms with van der Waals surface area (Å²) in [5, 5.41) is 10.6. The molecule has 0 aromatic carbocycles. The fraction of sp³-hybridized carbons (Fsp3) is 0.222. The van der Waals surface area contributed by atoms with Crippen molar-refractivity contribution in [2.75, 3.05) is 6.54 Å². The first-order valence-corrected chi connectivity index (χ1v) is 4.22. The smallest absolute Gasteiger partial charge is 0.300 e. The molecule has 0 radical (unpaired) electrons. The van der Waals surface area contributed by atoms with E-state index in [9.17, 15) is 4.79 Å². The largest absolute Gasteiger partial charge is 0.481 e. The van der Waals surface area contributed by atoms with Crippen LogP contribution in [0.4, 0.5) is 0 Å². The molecule has 0 bridgehead atoms. The molecule has 0 fully saturated rings. The van der Waals surface area contributed by atoms with Crippen LogP contribution in [0, 0.1) is 0 Å². The Hall–Kier alpha value is -2.40. The number of aromatic nitrogens is 1. The average molecular weight is 222 g/mol. The Morgan fingerprint density at radius 1 is 1.56 bits per heavy atom. The van der Waals surface area contributed by atoms with E-state index in [1.807, 2.05) is 0 Å². The first kappa shape index (κ1) is 13.6. The van der Waals surface area contributed by atoms with E-state index in [4.69, 9.17) is 15.4 Å². The van der Waals surface area contributed by atoms with Crippen molar-refractivity contribution in [1.29, 1.82) is 0 Å². The van der Waals surface area contributed by atoms with Gasteiger partial charge in [-0.1, -0.05) is 11.2 Å². The van der Waals surface area contributed by atoms with E-state index < -0.39 is 5.97 Å². The van der Waals surface area contributed by atoms with Crippen molar-refractivity contribution in [1.82, 2.24) is 4.98 Å². The van der Waals surface area contributed by atoms with Crippen LogP contribution in [-0.4, -0.2) is 28.4 Å². The van der Waals surface area contributed by atoms with Gasteiger partial charge in [-0.2, -0.15) is 0 Å². The zero-order valence-electron chi connectivity index (χ0n) is 8.57. The molecule has 0 aliphatic carbocycles. The number of carbonyl (C=O) groups excluding carboxylic acids is 1. The lowest BCUT2D eigenvalue weighted by atomic mass is 10.2. The van der Waals surface area contributed by atoms with E-state index in [0.717, 1.165) is 6.92 Å². The molecule has 0 unspecified atom stereocenters. The molecular formula is C9H10N4O3. The molecule has 1 N–H and O–H groups in total. The number of carboxylic acids is 1. The van der Waals surface area contributed by atoms with Crippen LogP contribution >= 0.6 is 0 Å². The summed E-state index contributed by atoms with van der Waals surface area (Å²) in [6.45, 7) is 0.910. The van der Waals surface area contributed by atoms with E-state index in [1.165, 1.54) is 6.20 Å². The molecule has 0 amide bonds. The Bertz CT molecular complexity index is 394. The number of aliphatic carboxylic acids is 1. The summed E-state index contributed by atoms with van der Waals surface area (Å²) < 4.78 is 0. The minimum absolute atomic E-state index is 0.173. The Labute approximate surface area is 91.4 Å². The molecule has 0 saturated heterocycles. The van der Waals surface area contributed by atoms with Gasteiger partial charge < -0.3 is 5.11 Å². The van der Waals surface area contributed by atoms with Crippen LogP contribution in [0.25, 0.3) is 10.4 Å². The molecule has 16 heavy (non-hydrogen) atoms. The van der Waals surface area contributed by atoms with Crippen LogP contribution in [0.3, 0.4) is 0 Å². The summed E-state index contributed by atoms with van der Waals surface area (Å²) in [6.07, 6.45) is 1.52. The van der Waals surface area contributed by atoms with Gasteiger partial charge in [0.2, 0.25) is 0 Å². The third kappa shape index (κ3) is 7.05. The summed E-state index contributed by atoms with van der Waals surface area (Å²) in [7, 11) is 0. The van der Waals surface area contributed by atoms with Gasteiger partial charge in [-0.25, -0.2) is 0 Å². The maximum absolute atomic E-state index is 11.1. The van der Waals surface area contributed by atoms with Gasteiger partial charge in [-0.15, -0.1) is 0 Å². The fourth-order valence-corrected chi connectivity index (χ4v) is 0.705. The fourth-order valence-electron chi connectivity index (χ4n) is 0.705. The number of Topliss-reactive ketones (excluding diaryl/α,β-unsaturated/α-hetero) is 1. The first-order chi connectivity index (χ1) is 7.57. The molecule has 7 nitrogen and oxygen atoms in total. The standard InChI is InChI=1S/C7H6N4O.C2H4O2/c8-11-10-5-7(12)6-3-1-2-4-9-6;1-2(3)4/h1-4H,5H2;1H3,(H,3,4). The highest BCUT2D eigenvalue weighted by Gasteiger charge is 2.03. The Morgan fingerprint density at radius 3 is 2.62 bits per heavy atom. The van der Waals surface area contributed by atoms with Crippen LogP contribution in [0.5, 0.6) is 0 Å². The number of carboxylic acid groups (broad SMARTS) is 1. The first-order valence-electron chi connectivity index (χ1n) is 4.22. The summed E-state index contributed by atoms with van der Waals surface area (Å²) in [5.41, 5.74) is 8.27. The third-order valence-corrected chi connectivity index (χ3v) is 1.23. The molecule has 1 rings (SSSR count). The summed E-state index contributed by atoms with van der Waals surface area (Å²) >= 11 is 0. The lowest BCUT2D eigenvalue weighted by molar-refractivity contribution is -0.134. The van der Waals surface area contributed by atoms with Gasteiger partial charge in [0.25, 0.3) is 5.97 Å². The number of ketones is 1. The van der Waals surface area contributed by atoms with Crippen molar-refractivity contribution in [3.63, 3.8) is 0 Å². The highest BCUT2D eigenvalue weighted by atomic mass is 16.4. The molecule has 1 aromatic heterocycles. The minimum atomic E-state index is -0.833. The van der Waals surface area contributed by atoms with Crippen molar-refractivity contribution in [2.45, 2.75) is 6.92 Å². The Morgan fingerprint density at radius 2 is 2.19 bits per heavy atom. The van der Waals surface area contributed by atoms with Crippen LogP contribution in [0.15, 0.2) is 29.5 Å². The van der Waals surface area contributed by atoms with Crippen LogP contribution in [-0.2, 0) is 4.79 Å². The summed E-state index contributed by atoms with van der Waals surface area (Å²) in [6, 6.07) is 5.00. The summed E-state index contributed by atoms with van der Waals surface area (Å²) in [5.74, 6) is -1.10. The second-order valence-electron chi connectivity index (χ2n) is 2.55. The number of rotatable bonds is 3. The SMILES string of the molecule is CC(=O)O.[N-]=[N+]=NCC(=O)c1ccccn1. The Balaban J connectivity index is 0.000000487. The van der Waals surface area contributed by atoms with Gasteiger partial charge >= 0.3 is 0 Å². The van der Waals surface area contributed by atoms with Crippen molar-refractivity contribution in [3.05, 3.63) is 40.5 Å². The maximum Gasteiger partial charge on any atom is 0.300 e. The molecule has 1 aromatic rings. The molecule has 1 heterocycles. The molecule has 0 atom stereocenters. The van der Waals surface area contributed by atoms with Gasteiger partial charge in [0.15, 0.2) is 5.78 Å². The van der Waals surface area contributed by atoms with Gasteiger partial charge in [0, 0.05) is 18.0 Å². The normalized spacial score (nSPS) is 8.06. The Kier molecular flexibility index (Phi) is 6.76. The lowest BCUT2D eigenvalue weighted by Gasteiger charge is -1.92. The lowest BCUT2D eigenvalue weighted by Crippen LogP contribution is -2.04. The van der Waals surface area contributed by atoms with Crippen molar-refractivity contribution >= 4 is 11.8 Å². The van der Waals surface area contributed by atoms with Crippen LogP contribution < -0.4 is 0 Å². The highest BCUT2D eigenvalue weighted by molar-refractivity contribution is 5.95. The van der Waals surface area contributed by atoms with Gasteiger partial charge in [0.1, 0.15) is 5.69 Å². The monoisotopic (exact) mass is 222 g/mol. The molecule has 84 valence electrons. The zero-order valence-corrected chi connectivity index (χ0v) is 8.57. The van der Waals surface area contributed by atoms with E-state index in [1.54, 1.807) is 18.2 Å².